The number of fused-ring (bicyclic) bond motifs is 1. The number of carbonyl (C=O) groups is 1. The topological polar surface area (TPSA) is 81.6 Å². The largest absolute Gasteiger partial charge is 0.381 e. The third-order valence-electron chi connectivity index (χ3n) is 7.41. The highest BCUT2D eigenvalue weighted by Crippen LogP contribution is 2.36. The second-order valence-corrected chi connectivity index (χ2v) is 9.77. The molecule has 1 aromatic heterocycles. The number of nitrogens with zero attached hydrogens (tertiary/aromatic N) is 2. The van der Waals surface area contributed by atoms with Gasteiger partial charge in [0.15, 0.2) is 5.58 Å². The summed E-state index contributed by atoms with van der Waals surface area (Å²) >= 11 is 6.06. The molecule has 1 saturated carbocycles. The van der Waals surface area contributed by atoms with Crippen molar-refractivity contribution in [3.8, 4) is 0 Å². The highest BCUT2D eigenvalue weighted by Gasteiger charge is 2.30. The van der Waals surface area contributed by atoms with Crippen molar-refractivity contribution < 1.29 is 14.1 Å². The average Bonchev–Trinajstić information content (AvgIpc) is 3.19. The Kier molecular flexibility index (Phi) is 7.51. The maximum Gasteiger partial charge on any atom is 0.220 e. The van der Waals surface area contributed by atoms with Gasteiger partial charge in [-0.05, 0) is 75.7 Å². The van der Waals surface area contributed by atoms with E-state index in [1.807, 2.05) is 18.2 Å². The Morgan fingerprint density at radius 2 is 2.00 bits per heavy atom. The van der Waals surface area contributed by atoms with Gasteiger partial charge in [0, 0.05) is 29.5 Å². The molecule has 1 unspecified atom stereocenters. The number of rotatable bonds is 8. The molecule has 0 spiro atoms. The molecule has 7 heteroatoms. The molecule has 0 bridgehead atoms. The summed E-state index contributed by atoms with van der Waals surface area (Å²) in [6, 6.07) is 5.79. The van der Waals surface area contributed by atoms with E-state index in [-0.39, 0.29) is 12.0 Å². The zero-order chi connectivity index (χ0) is 21.8. The number of likely N-dealkylation sites (tertiary alicyclic amines) is 1. The smallest absolute Gasteiger partial charge is 0.220 e. The lowest BCUT2D eigenvalue weighted by Crippen LogP contribution is -2.35. The van der Waals surface area contributed by atoms with Gasteiger partial charge in [-0.1, -0.05) is 29.6 Å². The van der Waals surface area contributed by atoms with Gasteiger partial charge < -0.3 is 19.9 Å². The molecule has 0 radical (unpaired) electrons. The molecular weight excluding hydrogens is 414 g/mol. The van der Waals surface area contributed by atoms with Crippen LogP contribution in [0.5, 0.6) is 0 Å². The molecule has 2 N–H and O–H groups in total. The molecule has 2 aliphatic rings. The predicted octanol–water partition coefficient (Wildman–Crippen LogP) is 4.75. The number of aromatic nitrogens is 1. The van der Waals surface area contributed by atoms with Crippen LogP contribution in [0.15, 0.2) is 22.7 Å². The maximum atomic E-state index is 11.3. The fraction of sp³-hybridized carbons (Fsp3) is 0.667. The third kappa shape index (κ3) is 5.60. The van der Waals surface area contributed by atoms with Crippen LogP contribution in [0.2, 0.25) is 5.02 Å². The summed E-state index contributed by atoms with van der Waals surface area (Å²) in [6.45, 7) is 3.41. The van der Waals surface area contributed by atoms with Gasteiger partial charge in [-0.3, -0.25) is 4.79 Å². The molecular formula is C24H34ClN3O3. The second-order valence-electron chi connectivity index (χ2n) is 9.34. The number of primary amides is 1. The molecule has 2 aromatic rings. The molecule has 1 saturated heterocycles. The number of benzene rings is 1. The Bertz CT molecular complexity index is 870. The van der Waals surface area contributed by atoms with Gasteiger partial charge in [-0.2, -0.15) is 0 Å². The fourth-order valence-corrected chi connectivity index (χ4v) is 5.67. The van der Waals surface area contributed by atoms with Gasteiger partial charge in [0.2, 0.25) is 5.91 Å². The predicted molar refractivity (Wildman–Crippen MR) is 122 cm³/mol. The van der Waals surface area contributed by atoms with Crippen LogP contribution in [0.25, 0.3) is 11.0 Å². The zero-order valence-corrected chi connectivity index (χ0v) is 19.2. The van der Waals surface area contributed by atoms with Crippen LogP contribution in [-0.2, 0) is 9.53 Å². The first-order valence-electron chi connectivity index (χ1n) is 11.6. The highest BCUT2D eigenvalue weighted by atomic mass is 35.5. The van der Waals surface area contributed by atoms with Crippen molar-refractivity contribution >= 4 is 28.5 Å². The quantitative estimate of drug-likeness (QED) is 0.631. The van der Waals surface area contributed by atoms with E-state index in [9.17, 15) is 4.79 Å². The lowest BCUT2D eigenvalue weighted by Gasteiger charge is -2.35. The molecule has 1 aliphatic heterocycles. The number of piperidine rings is 1. The first-order valence-corrected chi connectivity index (χ1v) is 12.0. The minimum Gasteiger partial charge on any atom is -0.381 e. The van der Waals surface area contributed by atoms with E-state index in [4.69, 9.17) is 26.6 Å². The highest BCUT2D eigenvalue weighted by molar-refractivity contribution is 6.31. The summed E-state index contributed by atoms with van der Waals surface area (Å²) in [5.74, 6) is 1.45. The minimum atomic E-state index is -0.264. The molecule has 2 fully saturated rings. The van der Waals surface area contributed by atoms with Crippen LogP contribution in [0.3, 0.4) is 0 Å². The Morgan fingerprint density at radius 1 is 1.26 bits per heavy atom. The van der Waals surface area contributed by atoms with E-state index in [0.29, 0.717) is 23.3 Å². The van der Waals surface area contributed by atoms with E-state index in [2.05, 4.69) is 10.1 Å². The second kappa shape index (κ2) is 10.3. The summed E-state index contributed by atoms with van der Waals surface area (Å²) in [5, 5.41) is 6.15. The van der Waals surface area contributed by atoms with E-state index in [1.54, 1.807) is 7.11 Å². The molecule has 4 rings (SSSR count). The summed E-state index contributed by atoms with van der Waals surface area (Å²) in [6.07, 6.45) is 8.58. The lowest BCUT2D eigenvalue weighted by molar-refractivity contribution is -0.121. The van der Waals surface area contributed by atoms with Crippen LogP contribution >= 0.6 is 11.6 Å². The lowest BCUT2D eigenvalue weighted by atomic mass is 9.77. The molecule has 2 heterocycles. The monoisotopic (exact) mass is 447 g/mol. The van der Waals surface area contributed by atoms with Crippen molar-refractivity contribution in [2.75, 3.05) is 26.7 Å². The number of hydrogen-bond acceptors (Lipinski definition) is 5. The van der Waals surface area contributed by atoms with Crippen LogP contribution in [0.4, 0.5) is 0 Å². The minimum absolute atomic E-state index is 0.0129. The van der Waals surface area contributed by atoms with Crippen molar-refractivity contribution in [2.24, 2.45) is 17.6 Å². The number of carbonyl (C=O) groups excluding carboxylic acids is 1. The number of ether oxygens (including phenoxy) is 1. The van der Waals surface area contributed by atoms with Crippen molar-refractivity contribution in [3.05, 3.63) is 28.9 Å². The number of nitrogens with two attached hydrogens (primary N) is 1. The SMILES string of the molecule is COC(CC(N)=O)C1CCC(CCN2CCC(c3noc4cc(Cl)ccc34)CC2)CC1. The number of hydrogen-bond donors (Lipinski definition) is 1. The number of halogens is 1. The van der Waals surface area contributed by atoms with Crippen molar-refractivity contribution in [3.63, 3.8) is 0 Å². The Morgan fingerprint density at radius 3 is 2.68 bits per heavy atom. The van der Waals surface area contributed by atoms with Gasteiger partial charge in [0.05, 0.1) is 18.2 Å². The van der Waals surface area contributed by atoms with Crippen LogP contribution < -0.4 is 5.73 Å². The first-order chi connectivity index (χ1) is 15.0. The van der Waals surface area contributed by atoms with E-state index < -0.39 is 0 Å². The zero-order valence-electron chi connectivity index (χ0n) is 18.4. The van der Waals surface area contributed by atoms with E-state index in [0.717, 1.165) is 61.4 Å². The van der Waals surface area contributed by atoms with E-state index in [1.165, 1.54) is 25.8 Å². The van der Waals surface area contributed by atoms with Gasteiger partial charge in [0.1, 0.15) is 0 Å². The molecule has 1 aliphatic carbocycles. The summed E-state index contributed by atoms with van der Waals surface area (Å²) < 4.78 is 11.0. The molecule has 31 heavy (non-hydrogen) atoms. The standard InChI is InChI=1S/C24H34ClN3O3/c1-30-21(15-23(26)29)17-4-2-16(3-5-17)8-11-28-12-9-18(10-13-28)24-20-7-6-19(25)14-22(20)31-27-24/h6-7,14,16-18,21H,2-5,8-13,15H2,1H3,(H2,26,29). The van der Waals surface area contributed by atoms with Crippen LogP contribution in [0.1, 0.15) is 63.0 Å². The molecule has 1 aromatic carbocycles. The summed E-state index contributed by atoms with van der Waals surface area (Å²) in [4.78, 5) is 13.9. The van der Waals surface area contributed by atoms with Gasteiger partial charge >= 0.3 is 0 Å². The van der Waals surface area contributed by atoms with E-state index >= 15 is 0 Å². The Hall–Kier alpha value is -1.63. The third-order valence-corrected chi connectivity index (χ3v) is 7.65. The molecule has 170 valence electrons. The fourth-order valence-electron chi connectivity index (χ4n) is 5.51. The summed E-state index contributed by atoms with van der Waals surface area (Å²) in [7, 11) is 1.69. The summed E-state index contributed by atoms with van der Waals surface area (Å²) in [5.41, 5.74) is 7.24. The first kappa shape index (κ1) is 22.6. The van der Waals surface area contributed by atoms with Crippen molar-refractivity contribution in [2.45, 2.75) is 63.4 Å². The molecule has 1 atom stereocenters. The Balaban J connectivity index is 1.20. The number of amides is 1. The van der Waals surface area contributed by atoms with Crippen molar-refractivity contribution in [1.82, 2.24) is 10.1 Å². The Labute approximate surface area is 189 Å². The molecule has 6 nitrogen and oxygen atoms in total. The molecule has 1 amide bonds. The average molecular weight is 448 g/mol. The number of methoxy groups -OCH3 is 1. The normalized spacial score (nSPS) is 24.5. The van der Waals surface area contributed by atoms with Crippen LogP contribution in [-0.4, -0.2) is 48.8 Å². The van der Waals surface area contributed by atoms with Gasteiger partial charge in [-0.15, -0.1) is 0 Å². The van der Waals surface area contributed by atoms with Crippen LogP contribution in [0, 0.1) is 11.8 Å². The maximum absolute atomic E-state index is 11.3. The van der Waals surface area contributed by atoms with Crippen molar-refractivity contribution in [1.29, 1.82) is 0 Å². The van der Waals surface area contributed by atoms with Gasteiger partial charge in [0.25, 0.3) is 0 Å². The van der Waals surface area contributed by atoms with Gasteiger partial charge in [-0.25, -0.2) is 0 Å².